The molecular formula is C15H13BrN2O3. The van der Waals surface area contributed by atoms with E-state index in [1.165, 1.54) is 12.1 Å². The number of rotatable bonds is 5. The Balaban J connectivity index is 2.05. The number of non-ortho nitro benzene ring substituents is 1. The molecule has 0 aromatic heterocycles. The van der Waals surface area contributed by atoms with Crippen LogP contribution in [0.1, 0.15) is 24.2 Å². The summed E-state index contributed by atoms with van der Waals surface area (Å²) in [5.74, 6) is 0. The Labute approximate surface area is 130 Å². The molecule has 5 nitrogen and oxygen atoms in total. The normalized spacial score (nSPS) is 12.3. The van der Waals surface area contributed by atoms with Crippen molar-refractivity contribution in [3.8, 4) is 0 Å². The number of halogens is 1. The predicted molar refractivity (Wildman–Crippen MR) is 84.3 cm³/mol. The van der Waals surface area contributed by atoms with Crippen molar-refractivity contribution in [2.24, 2.45) is 5.16 Å². The van der Waals surface area contributed by atoms with Crippen molar-refractivity contribution in [2.45, 2.75) is 13.0 Å². The number of hydrogen-bond acceptors (Lipinski definition) is 4. The third-order valence-corrected chi connectivity index (χ3v) is 3.59. The third-order valence-electron chi connectivity index (χ3n) is 2.87. The summed E-state index contributed by atoms with van der Waals surface area (Å²) in [6.07, 6.45) is 1.22. The number of nitro benzene ring substituents is 1. The van der Waals surface area contributed by atoms with Crippen LogP contribution in [-0.2, 0) is 4.84 Å². The van der Waals surface area contributed by atoms with Crippen molar-refractivity contribution in [3.63, 3.8) is 0 Å². The average molecular weight is 349 g/mol. The van der Waals surface area contributed by atoms with Gasteiger partial charge in [0.05, 0.1) is 11.1 Å². The van der Waals surface area contributed by atoms with Crippen LogP contribution in [0.25, 0.3) is 0 Å². The number of oxime groups is 1. The maximum Gasteiger partial charge on any atom is 0.269 e. The van der Waals surface area contributed by atoms with Crippen LogP contribution < -0.4 is 0 Å². The molecule has 0 heterocycles. The second-order valence-electron chi connectivity index (χ2n) is 4.36. The molecular weight excluding hydrogens is 336 g/mol. The van der Waals surface area contributed by atoms with E-state index < -0.39 is 4.92 Å². The molecule has 0 aliphatic rings. The van der Waals surface area contributed by atoms with Crippen molar-refractivity contribution in [2.75, 3.05) is 0 Å². The first-order valence-electron chi connectivity index (χ1n) is 6.26. The quantitative estimate of drug-likeness (QED) is 0.454. The van der Waals surface area contributed by atoms with Crippen LogP contribution >= 0.6 is 15.9 Å². The van der Waals surface area contributed by atoms with Crippen molar-refractivity contribution >= 4 is 27.8 Å². The predicted octanol–water partition coefficient (Wildman–Crippen LogP) is 4.47. The molecule has 108 valence electrons. The summed E-state index contributed by atoms with van der Waals surface area (Å²) in [5.41, 5.74) is 1.63. The van der Waals surface area contributed by atoms with Gasteiger partial charge in [-0.25, -0.2) is 0 Å². The van der Waals surface area contributed by atoms with E-state index in [2.05, 4.69) is 21.1 Å². The second-order valence-corrected chi connectivity index (χ2v) is 5.21. The molecule has 0 bridgehead atoms. The molecule has 2 aromatic rings. The van der Waals surface area contributed by atoms with E-state index in [1.807, 2.05) is 24.3 Å². The Morgan fingerprint density at radius 3 is 2.76 bits per heavy atom. The first-order valence-corrected chi connectivity index (χ1v) is 7.05. The fourth-order valence-corrected chi connectivity index (χ4v) is 2.10. The van der Waals surface area contributed by atoms with Crippen LogP contribution in [0.2, 0.25) is 0 Å². The SMILES string of the molecule is C[C@H](O/N=C\c1ccccc1Br)c1cccc([N+](=O)[O-])c1. The molecule has 0 aliphatic heterocycles. The molecule has 6 heteroatoms. The maximum absolute atomic E-state index is 10.7. The monoisotopic (exact) mass is 348 g/mol. The highest BCUT2D eigenvalue weighted by molar-refractivity contribution is 9.10. The Morgan fingerprint density at radius 2 is 2.05 bits per heavy atom. The standard InChI is InChI=1S/C15H13BrN2O3/c1-11(12-6-4-7-14(9-12)18(19)20)21-17-10-13-5-2-3-8-15(13)16/h2-11H,1H3/b17-10-/t11-/m0/s1. The van der Waals surface area contributed by atoms with Crippen LogP contribution in [-0.4, -0.2) is 11.1 Å². The summed E-state index contributed by atoms with van der Waals surface area (Å²) in [6, 6.07) is 13.9. The number of nitro groups is 1. The molecule has 0 saturated heterocycles. The van der Waals surface area contributed by atoms with Gasteiger partial charge in [-0.15, -0.1) is 0 Å². The van der Waals surface area contributed by atoms with E-state index in [4.69, 9.17) is 4.84 Å². The van der Waals surface area contributed by atoms with E-state index in [1.54, 1.807) is 25.3 Å². The topological polar surface area (TPSA) is 64.7 Å². The van der Waals surface area contributed by atoms with Crippen molar-refractivity contribution in [1.82, 2.24) is 0 Å². The van der Waals surface area contributed by atoms with Crippen LogP contribution in [0.3, 0.4) is 0 Å². The molecule has 0 fully saturated rings. The van der Waals surface area contributed by atoms with Crippen molar-refractivity contribution < 1.29 is 9.76 Å². The van der Waals surface area contributed by atoms with Gasteiger partial charge in [0.15, 0.2) is 0 Å². The Hall–Kier alpha value is -2.21. The largest absolute Gasteiger partial charge is 0.388 e. The van der Waals surface area contributed by atoms with Gasteiger partial charge in [-0.3, -0.25) is 10.1 Å². The molecule has 0 N–H and O–H groups in total. The molecule has 2 rings (SSSR count). The van der Waals surface area contributed by atoms with Gasteiger partial charge in [-0.1, -0.05) is 51.4 Å². The lowest BCUT2D eigenvalue weighted by Gasteiger charge is -2.09. The van der Waals surface area contributed by atoms with E-state index in [0.29, 0.717) is 5.56 Å². The summed E-state index contributed by atoms with van der Waals surface area (Å²) in [4.78, 5) is 15.7. The summed E-state index contributed by atoms with van der Waals surface area (Å²) in [5, 5.41) is 14.7. The van der Waals surface area contributed by atoms with Gasteiger partial charge in [0, 0.05) is 27.7 Å². The number of hydrogen-bond donors (Lipinski definition) is 0. The Kier molecular flexibility index (Phi) is 5.05. The minimum atomic E-state index is -0.430. The van der Waals surface area contributed by atoms with Gasteiger partial charge in [0.1, 0.15) is 6.10 Å². The van der Waals surface area contributed by atoms with Crippen molar-refractivity contribution in [3.05, 3.63) is 74.2 Å². The fourth-order valence-electron chi connectivity index (χ4n) is 1.71. The van der Waals surface area contributed by atoms with E-state index in [9.17, 15) is 10.1 Å². The molecule has 0 saturated carbocycles. The van der Waals surface area contributed by atoms with Gasteiger partial charge >= 0.3 is 0 Å². The zero-order valence-corrected chi connectivity index (χ0v) is 12.9. The van der Waals surface area contributed by atoms with Gasteiger partial charge < -0.3 is 4.84 Å². The lowest BCUT2D eigenvalue weighted by atomic mass is 10.1. The van der Waals surface area contributed by atoms with E-state index >= 15 is 0 Å². The maximum atomic E-state index is 10.7. The molecule has 0 spiro atoms. The zero-order valence-electron chi connectivity index (χ0n) is 11.3. The summed E-state index contributed by atoms with van der Waals surface area (Å²) >= 11 is 3.41. The van der Waals surface area contributed by atoms with E-state index in [0.717, 1.165) is 10.0 Å². The summed E-state index contributed by atoms with van der Waals surface area (Å²) in [7, 11) is 0. The number of benzene rings is 2. The van der Waals surface area contributed by atoms with Gasteiger partial charge in [0.25, 0.3) is 5.69 Å². The van der Waals surface area contributed by atoms with Gasteiger partial charge in [-0.2, -0.15) is 0 Å². The number of nitrogens with zero attached hydrogens (tertiary/aromatic N) is 2. The fraction of sp³-hybridized carbons (Fsp3) is 0.133. The van der Waals surface area contributed by atoms with Crippen molar-refractivity contribution in [1.29, 1.82) is 0 Å². The molecule has 1 atom stereocenters. The molecule has 0 amide bonds. The van der Waals surface area contributed by atoms with Crippen LogP contribution in [0.15, 0.2) is 58.2 Å². The summed E-state index contributed by atoms with van der Waals surface area (Å²) in [6.45, 7) is 1.79. The Morgan fingerprint density at radius 1 is 1.29 bits per heavy atom. The highest BCUT2D eigenvalue weighted by Crippen LogP contribution is 2.22. The highest BCUT2D eigenvalue weighted by atomic mass is 79.9. The Bertz CT molecular complexity index is 673. The van der Waals surface area contributed by atoms with Crippen LogP contribution in [0.5, 0.6) is 0 Å². The smallest absolute Gasteiger partial charge is 0.269 e. The molecule has 0 aliphatic carbocycles. The molecule has 21 heavy (non-hydrogen) atoms. The first-order chi connectivity index (χ1) is 10.1. The van der Waals surface area contributed by atoms with E-state index in [-0.39, 0.29) is 11.8 Å². The average Bonchev–Trinajstić information content (AvgIpc) is 2.49. The zero-order chi connectivity index (χ0) is 15.2. The first kappa shape index (κ1) is 15.2. The van der Waals surface area contributed by atoms with Crippen LogP contribution in [0, 0.1) is 10.1 Å². The van der Waals surface area contributed by atoms with Gasteiger partial charge in [0.2, 0.25) is 0 Å². The lowest BCUT2D eigenvalue weighted by molar-refractivity contribution is -0.385. The lowest BCUT2D eigenvalue weighted by Crippen LogP contribution is -1.97. The molecule has 2 aromatic carbocycles. The summed E-state index contributed by atoms with van der Waals surface area (Å²) < 4.78 is 0.917. The minimum absolute atomic E-state index is 0.0396. The molecule has 0 unspecified atom stereocenters. The molecule has 0 radical (unpaired) electrons. The van der Waals surface area contributed by atoms with Crippen LogP contribution in [0.4, 0.5) is 5.69 Å². The van der Waals surface area contributed by atoms with Gasteiger partial charge in [-0.05, 0) is 13.0 Å². The minimum Gasteiger partial charge on any atom is -0.388 e. The second kappa shape index (κ2) is 6.99. The highest BCUT2D eigenvalue weighted by Gasteiger charge is 2.11. The third kappa shape index (κ3) is 4.13.